The van der Waals surface area contributed by atoms with Crippen LogP contribution in [0.1, 0.15) is 18.4 Å². The number of carbonyl (C=O) groups excluding carboxylic acids is 2. The third-order valence-corrected chi connectivity index (χ3v) is 3.43. The SMILES string of the molecule is O=C(CCC(=O)NCc1ccc(Cl)cc1)COc1ccccc1. The number of carbonyl (C=O) groups is 2. The smallest absolute Gasteiger partial charge is 0.220 e. The lowest BCUT2D eigenvalue weighted by atomic mass is 10.2. The Morgan fingerprint density at radius 1 is 0.957 bits per heavy atom. The van der Waals surface area contributed by atoms with Crippen molar-refractivity contribution in [3.8, 4) is 5.75 Å². The molecule has 0 unspecified atom stereocenters. The molecule has 0 aromatic heterocycles. The number of ketones is 1. The standard InChI is InChI=1S/C18H18ClNO3/c19-15-8-6-14(7-9-15)12-20-18(22)11-10-16(21)13-23-17-4-2-1-3-5-17/h1-9H,10-13H2,(H,20,22). The molecule has 0 atom stereocenters. The summed E-state index contributed by atoms with van der Waals surface area (Å²) in [5.41, 5.74) is 0.960. The Morgan fingerprint density at radius 2 is 1.65 bits per heavy atom. The lowest BCUT2D eigenvalue weighted by Gasteiger charge is -2.06. The number of para-hydroxylation sites is 1. The summed E-state index contributed by atoms with van der Waals surface area (Å²) in [6, 6.07) is 16.4. The monoisotopic (exact) mass is 331 g/mol. The van der Waals surface area contributed by atoms with Gasteiger partial charge in [-0.3, -0.25) is 9.59 Å². The van der Waals surface area contributed by atoms with E-state index in [1.165, 1.54) is 0 Å². The first-order valence-corrected chi connectivity index (χ1v) is 7.72. The highest BCUT2D eigenvalue weighted by Crippen LogP contribution is 2.10. The van der Waals surface area contributed by atoms with Crippen LogP contribution < -0.4 is 10.1 Å². The second-order valence-corrected chi connectivity index (χ2v) is 5.48. The van der Waals surface area contributed by atoms with Gasteiger partial charge in [0.1, 0.15) is 12.4 Å². The van der Waals surface area contributed by atoms with Crippen molar-refractivity contribution in [2.45, 2.75) is 19.4 Å². The molecule has 0 aliphatic heterocycles. The molecule has 0 bridgehead atoms. The van der Waals surface area contributed by atoms with Gasteiger partial charge in [-0.2, -0.15) is 0 Å². The molecule has 2 aromatic rings. The molecule has 0 fully saturated rings. The average Bonchev–Trinajstić information content (AvgIpc) is 2.58. The second-order valence-electron chi connectivity index (χ2n) is 5.04. The molecule has 1 N–H and O–H groups in total. The highest BCUT2D eigenvalue weighted by Gasteiger charge is 2.08. The third-order valence-electron chi connectivity index (χ3n) is 3.18. The van der Waals surface area contributed by atoms with Crippen LogP contribution in [0.25, 0.3) is 0 Å². The summed E-state index contributed by atoms with van der Waals surface area (Å²) in [6.07, 6.45) is 0.323. The number of nitrogens with one attached hydrogen (secondary N) is 1. The van der Waals surface area contributed by atoms with Crippen LogP contribution in [0, 0.1) is 0 Å². The first-order valence-electron chi connectivity index (χ1n) is 7.34. The van der Waals surface area contributed by atoms with Gasteiger partial charge in [0.2, 0.25) is 5.91 Å². The van der Waals surface area contributed by atoms with Crippen molar-refractivity contribution in [1.29, 1.82) is 0 Å². The Labute approximate surface area is 140 Å². The maximum Gasteiger partial charge on any atom is 0.220 e. The molecule has 5 heteroatoms. The van der Waals surface area contributed by atoms with E-state index in [1.807, 2.05) is 30.3 Å². The predicted octanol–water partition coefficient (Wildman–Crippen LogP) is 3.38. The molecule has 0 aliphatic rings. The van der Waals surface area contributed by atoms with Crippen molar-refractivity contribution < 1.29 is 14.3 Å². The molecule has 2 rings (SSSR count). The van der Waals surface area contributed by atoms with Gasteiger partial charge in [-0.1, -0.05) is 41.9 Å². The van der Waals surface area contributed by atoms with E-state index < -0.39 is 0 Å². The van der Waals surface area contributed by atoms with Crippen molar-refractivity contribution in [2.75, 3.05) is 6.61 Å². The summed E-state index contributed by atoms with van der Waals surface area (Å²) < 4.78 is 5.35. The van der Waals surface area contributed by atoms with Crippen LogP contribution in [-0.2, 0) is 16.1 Å². The first-order chi connectivity index (χ1) is 11.1. The third kappa shape index (κ3) is 6.53. The number of benzene rings is 2. The molecule has 0 spiro atoms. The van der Waals surface area contributed by atoms with Gasteiger partial charge in [-0.05, 0) is 29.8 Å². The van der Waals surface area contributed by atoms with Crippen LogP contribution in [0.3, 0.4) is 0 Å². The van der Waals surface area contributed by atoms with Crippen molar-refractivity contribution >= 4 is 23.3 Å². The van der Waals surface area contributed by atoms with E-state index in [9.17, 15) is 9.59 Å². The molecule has 0 aliphatic carbocycles. The van der Waals surface area contributed by atoms with E-state index in [1.54, 1.807) is 24.3 Å². The second kappa shape index (κ2) is 8.96. The lowest BCUT2D eigenvalue weighted by Crippen LogP contribution is -2.24. The summed E-state index contributed by atoms with van der Waals surface area (Å²) in [6.45, 7) is 0.402. The molecule has 0 radical (unpaired) electrons. The Hall–Kier alpha value is -2.33. The summed E-state index contributed by atoms with van der Waals surface area (Å²) >= 11 is 5.80. The normalized spacial score (nSPS) is 10.1. The molecule has 1 amide bonds. The fraction of sp³-hybridized carbons (Fsp3) is 0.222. The topological polar surface area (TPSA) is 55.4 Å². The summed E-state index contributed by atoms with van der Waals surface area (Å²) in [5, 5.41) is 3.43. The molecule has 23 heavy (non-hydrogen) atoms. The van der Waals surface area contributed by atoms with E-state index in [4.69, 9.17) is 16.3 Å². The number of halogens is 1. The van der Waals surface area contributed by atoms with Crippen LogP contribution in [0.5, 0.6) is 5.75 Å². The molecule has 0 heterocycles. The first kappa shape index (κ1) is 17.0. The van der Waals surface area contributed by atoms with Crippen LogP contribution in [0.4, 0.5) is 0 Å². The van der Waals surface area contributed by atoms with Gasteiger partial charge in [-0.25, -0.2) is 0 Å². The Balaban J connectivity index is 1.63. The van der Waals surface area contributed by atoms with Gasteiger partial charge >= 0.3 is 0 Å². The van der Waals surface area contributed by atoms with Crippen molar-refractivity contribution in [2.24, 2.45) is 0 Å². The van der Waals surface area contributed by atoms with Crippen LogP contribution in [0.2, 0.25) is 5.02 Å². The maximum absolute atomic E-state index is 11.7. The predicted molar refractivity (Wildman–Crippen MR) is 89.5 cm³/mol. The van der Waals surface area contributed by atoms with Gasteiger partial charge < -0.3 is 10.1 Å². The largest absolute Gasteiger partial charge is 0.486 e. The molecule has 120 valence electrons. The van der Waals surface area contributed by atoms with Gasteiger partial charge in [-0.15, -0.1) is 0 Å². The quantitative estimate of drug-likeness (QED) is 0.806. The number of ether oxygens (including phenoxy) is 1. The van der Waals surface area contributed by atoms with E-state index in [-0.39, 0.29) is 31.1 Å². The fourth-order valence-electron chi connectivity index (χ4n) is 1.90. The molecular weight excluding hydrogens is 314 g/mol. The van der Waals surface area contributed by atoms with E-state index >= 15 is 0 Å². The average molecular weight is 332 g/mol. The minimum Gasteiger partial charge on any atom is -0.486 e. The van der Waals surface area contributed by atoms with Gasteiger partial charge in [0.15, 0.2) is 5.78 Å². The molecule has 4 nitrogen and oxygen atoms in total. The van der Waals surface area contributed by atoms with Crippen LogP contribution in [0.15, 0.2) is 54.6 Å². The van der Waals surface area contributed by atoms with Gasteiger partial charge in [0, 0.05) is 24.4 Å². The Kier molecular flexibility index (Phi) is 6.63. The molecular formula is C18H18ClNO3. The van der Waals surface area contributed by atoms with Crippen molar-refractivity contribution in [3.05, 3.63) is 65.2 Å². The minimum atomic E-state index is -0.159. The molecule has 0 saturated heterocycles. The van der Waals surface area contributed by atoms with Gasteiger partial charge in [0.05, 0.1) is 0 Å². The lowest BCUT2D eigenvalue weighted by molar-refractivity contribution is -0.126. The fourth-order valence-corrected chi connectivity index (χ4v) is 2.02. The van der Waals surface area contributed by atoms with Crippen molar-refractivity contribution in [1.82, 2.24) is 5.32 Å². The van der Waals surface area contributed by atoms with Crippen LogP contribution in [-0.4, -0.2) is 18.3 Å². The zero-order valence-corrected chi connectivity index (χ0v) is 13.4. The van der Waals surface area contributed by atoms with E-state index in [0.717, 1.165) is 5.56 Å². The summed E-state index contributed by atoms with van der Waals surface area (Å²) in [7, 11) is 0. The number of Topliss-reactive ketones (excluding diaryl/α,β-unsaturated/α-hetero) is 1. The molecule has 2 aromatic carbocycles. The Bertz CT molecular complexity index is 641. The number of hydrogen-bond acceptors (Lipinski definition) is 3. The van der Waals surface area contributed by atoms with Gasteiger partial charge in [0.25, 0.3) is 0 Å². The van der Waals surface area contributed by atoms with E-state index in [2.05, 4.69) is 5.32 Å². The number of rotatable bonds is 8. The van der Waals surface area contributed by atoms with Crippen LogP contribution >= 0.6 is 11.6 Å². The van der Waals surface area contributed by atoms with Crippen molar-refractivity contribution in [3.63, 3.8) is 0 Å². The minimum absolute atomic E-state index is 0.0194. The zero-order chi connectivity index (χ0) is 16.5. The molecule has 0 saturated carbocycles. The Morgan fingerprint density at radius 3 is 2.35 bits per heavy atom. The highest BCUT2D eigenvalue weighted by atomic mass is 35.5. The summed E-state index contributed by atoms with van der Waals surface area (Å²) in [5.74, 6) is 0.386. The maximum atomic E-state index is 11.7. The number of hydrogen-bond donors (Lipinski definition) is 1. The number of amides is 1. The highest BCUT2D eigenvalue weighted by molar-refractivity contribution is 6.30. The zero-order valence-electron chi connectivity index (χ0n) is 12.6. The van der Waals surface area contributed by atoms with E-state index in [0.29, 0.717) is 17.3 Å². The summed E-state index contributed by atoms with van der Waals surface area (Å²) in [4.78, 5) is 23.4.